The lowest BCUT2D eigenvalue weighted by Crippen LogP contribution is -2.54. The fourth-order valence-electron chi connectivity index (χ4n) is 3.53. The van der Waals surface area contributed by atoms with Crippen LogP contribution in [0, 0.1) is 0 Å². The summed E-state index contributed by atoms with van der Waals surface area (Å²) in [7, 11) is 6.15. The van der Waals surface area contributed by atoms with Crippen molar-refractivity contribution in [2.45, 2.75) is 19.0 Å². The number of guanidine groups is 1. The van der Waals surface area contributed by atoms with E-state index in [0.717, 1.165) is 57.3 Å². The van der Waals surface area contributed by atoms with Crippen molar-refractivity contribution in [3.63, 3.8) is 0 Å². The van der Waals surface area contributed by atoms with E-state index in [1.807, 2.05) is 13.1 Å². The molecule has 1 atom stereocenters. The number of rotatable bonds is 7. The van der Waals surface area contributed by atoms with Crippen molar-refractivity contribution in [2.24, 2.45) is 4.99 Å². The molecule has 2 heterocycles. The third-order valence-corrected chi connectivity index (χ3v) is 5.30. The molecule has 3 rings (SSSR count). The van der Waals surface area contributed by atoms with E-state index in [2.05, 4.69) is 74.6 Å². The van der Waals surface area contributed by atoms with E-state index in [1.165, 1.54) is 5.56 Å². The molecule has 0 aliphatic carbocycles. The number of hydrogen-bond acceptors (Lipinski definition) is 5. The van der Waals surface area contributed by atoms with Gasteiger partial charge in [0.25, 0.3) is 0 Å². The molecule has 7 nitrogen and oxygen atoms in total. The SMILES string of the molecule is CN=C(NCC(Cc1ccccc1)N(C)C)N1CCN(Cc2ccon2)CC1. The van der Waals surface area contributed by atoms with E-state index in [0.29, 0.717) is 6.04 Å². The Labute approximate surface area is 168 Å². The van der Waals surface area contributed by atoms with E-state index in [1.54, 1.807) is 6.26 Å². The van der Waals surface area contributed by atoms with Gasteiger partial charge in [-0.25, -0.2) is 0 Å². The highest BCUT2D eigenvalue weighted by atomic mass is 16.5. The van der Waals surface area contributed by atoms with Gasteiger partial charge in [0.05, 0.1) is 5.69 Å². The Morgan fingerprint density at radius 3 is 2.54 bits per heavy atom. The van der Waals surface area contributed by atoms with Crippen LogP contribution >= 0.6 is 0 Å². The molecule has 0 spiro atoms. The predicted molar refractivity (Wildman–Crippen MR) is 112 cm³/mol. The summed E-state index contributed by atoms with van der Waals surface area (Å²) in [6.07, 6.45) is 2.65. The van der Waals surface area contributed by atoms with Gasteiger partial charge in [0.1, 0.15) is 6.26 Å². The summed E-state index contributed by atoms with van der Waals surface area (Å²) in [6.45, 7) is 5.62. The summed E-state index contributed by atoms with van der Waals surface area (Å²) in [5.41, 5.74) is 2.35. The molecule has 0 bridgehead atoms. The topological polar surface area (TPSA) is 60.1 Å². The van der Waals surface area contributed by atoms with Gasteiger partial charge < -0.3 is 19.6 Å². The van der Waals surface area contributed by atoms with Gasteiger partial charge in [0.2, 0.25) is 0 Å². The highest BCUT2D eigenvalue weighted by molar-refractivity contribution is 5.80. The van der Waals surface area contributed by atoms with Crippen LogP contribution in [0.25, 0.3) is 0 Å². The first-order valence-corrected chi connectivity index (χ1v) is 9.93. The molecule has 1 aromatic carbocycles. The van der Waals surface area contributed by atoms with Crippen molar-refractivity contribution in [1.82, 2.24) is 25.2 Å². The smallest absolute Gasteiger partial charge is 0.193 e. The Kier molecular flexibility index (Phi) is 7.45. The van der Waals surface area contributed by atoms with Gasteiger partial charge in [-0.1, -0.05) is 35.5 Å². The van der Waals surface area contributed by atoms with Gasteiger partial charge >= 0.3 is 0 Å². The first-order chi connectivity index (χ1) is 13.7. The third kappa shape index (κ3) is 5.81. The predicted octanol–water partition coefficient (Wildman–Crippen LogP) is 1.54. The molecule has 1 fully saturated rings. The second-order valence-electron chi connectivity index (χ2n) is 7.49. The number of hydrogen-bond donors (Lipinski definition) is 1. The highest BCUT2D eigenvalue weighted by Crippen LogP contribution is 2.09. The van der Waals surface area contributed by atoms with Gasteiger partial charge in [0, 0.05) is 58.4 Å². The van der Waals surface area contributed by atoms with Crippen LogP contribution in [0.5, 0.6) is 0 Å². The molecule has 0 saturated carbocycles. The molecule has 2 aromatic rings. The Morgan fingerprint density at radius 2 is 1.93 bits per heavy atom. The van der Waals surface area contributed by atoms with E-state index in [-0.39, 0.29) is 0 Å². The number of likely N-dealkylation sites (N-methyl/N-ethyl adjacent to an activating group) is 1. The first-order valence-electron chi connectivity index (χ1n) is 9.93. The molecule has 1 saturated heterocycles. The van der Waals surface area contributed by atoms with Crippen molar-refractivity contribution < 1.29 is 4.52 Å². The van der Waals surface area contributed by atoms with Gasteiger partial charge in [-0.3, -0.25) is 9.89 Å². The van der Waals surface area contributed by atoms with E-state index < -0.39 is 0 Å². The van der Waals surface area contributed by atoms with Crippen LogP contribution in [0.2, 0.25) is 0 Å². The largest absolute Gasteiger partial charge is 0.364 e. The minimum absolute atomic E-state index is 0.410. The van der Waals surface area contributed by atoms with Crippen LogP contribution in [0.1, 0.15) is 11.3 Å². The highest BCUT2D eigenvalue weighted by Gasteiger charge is 2.21. The maximum absolute atomic E-state index is 4.93. The number of piperazine rings is 1. The molecular formula is C21H32N6O. The van der Waals surface area contributed by atoms with Crippen molar-refractivity contribution >= 4 is 5.96 Å². The molecule has 28 heavy (non-hydrogen) atoms. The number of benzene rings is 1. The minimum Gasteiger partial charge on any atom is -0.364 e. The van der Waals surface area contributed by atoms with Crippen molar-refractivity contribution in [3.8, 4) is 0 Å². The summed E-state index contributed by atoms with van der Waals surface area (Å²) in [5, 5.41) is 7.60. The molecule has 1 aromatic heterocycles. The van der Waals surface area contributed by atoms with E-state index in [4.69, 9.17) is 4.52 Å². The van der Waals surface area contributed by atoms with E-state index >= 15 is 0 Å². The fourth-order valence-corrected chi connectivity index (χ4v) is 3.53. The van der Waals surface area contributed by atoms with Crippen LogP contribution in [0.4, 0.5) is 0 Å². The quantitative estimate of drug-likeness (QED) is 0.577. The lowest BCUT2D eigenvalue weighted by atomic mass is 10.1. The Hall–Kier alpha value is -2.38. The summed E-state index contributed by atoms with van der Waals surface area (Å²) >= 11 is 0. The van der Waals surface area contributed by atoms with Gasteiger partial charge in [-0.05, 0) is 26.1 Å². The summed E-state index contributed by atoms with van der Waals surface area (Å²) < 4.78 is 4.93. The van der Waals surface area contributed by atoms with Crippen molar-refractivity contribution in [1.29, 1.82) is 0 Å². The van der Waals surface area contributed by atoms with Crippen molar-refractivity contribution in [2.75, 3.05) is 53.9 Å². The van der Waals surface area contributed by atoms with Crippen LogP contribution in [0.3, 0.4) is 0 Å². The maximum Gasteiger partial charge on any atom is 0.193 e. The normalized spacial score (nSPS) is 17.1. The number of nitrogens with one attached hydrogen (secondary N) is 1. The number of nitrogens with zero attached hydrogens (tertiary/aromatic N) is 5. The van der Waals surface area contributed by atoms with Crippen LogP contribution in [0.15, 0.2) is 52.2 Å². The van der Waals surface area contributed by atoms with Gasteiger partial charge in [0.15, 0.2) is 5.96 Å². The second kappa shape index (κ2) is 10.2. The Bertz CT molecular complexity index is 708. The zero-order chi connectivity index (χ0) is 19.8. The van der Waals surface area contributed by atoms with Crippen LogP contribution in [-0.4, -0.2) is 85.7 Å². The Morgan fingerprint density at radius 1 is 1.18 bits per heavy atom. The first kappa shape index (κ1) is 20.4. The molecule has 0 amide bonds. The lowest BCUT2D eigenvalue weighted by Gasteiger charge is -2.37. The summed E-state index contributed by atoms with van der Waals surface area (Å²) in [4.78, 5) is 11.5. The van der Waals surface area contributed by atoms with Crippen molar-refractivity contribution in [3.05, 3.63) is 53.9 Å². The summed E-state index contributed by atoms with van der Waals surface area (Å²) in [5.74, 6) is 0.987. The molecule has 0 radical (unpaired) electrons. The third-order valence-electron chi connectivity index (χ3n) is 5.30. The van der Waals surface area contributed by atoms with Gasteiger partial charge in [-0.2, -0.15) is 0 Å². The zero-order valence-corrected chi connectivity index (χ0v) is 17.2. The maximum atomic E-state index is 4.93. The molecular weight excluding hydrogens is 352 g/mol. The Balaban J connectivity index is 1.48. The molecule has 1 aliphatic rings. The minimum atomic E-state index is 0.410. The number of aromatic nitrogens is 1. The average molecular weight is 385 g/mol. The molecule has 1 N–H and O–H groups in total. The standard InChI is InChI=1S/C21H32N6O/c1-22-21(23-16-20(25(2)3)15-18-7-5-4-6-8-18)27-12-10-26(11-13-27)17-19-9-14-28-24-19/h4-9,14,20H,10-13,15-17H2,1-3H3,(H,22,23). The zero-order valence-electron chi connectivity index (χ0n) is 17.2. The molecule has 1 unspecified atom stereocenters. The average Bonchev–Trinajstić information content (AvgIpc) is 3.22. The molecule has 7 heteroatoms. The van der Waals surface area contributed by atoms with E-state index in [9.17, 15) is 0 Å². The molecule has 1 aliphatic heterocycles. The van der Waals surface area contributed by atoms with Crippen LogP contribution in [-0.2, 0) is 13.0 Å². The lowest BCUT2D eigenvalue weighted by molar-refractivity contribution is 0.168. The monoisotopic (exact) mass is 384 g/mol. The summed E-state index contributed by atoms with van der Waals surface area (Å²) in [6, 6.07) is 13.0. The number of aliphatic imine (C=N–C) groups is 1. The molecule has 152 valence electrons. The van der Waals surface area contributed by atoms with Gasteiger partial charge in [-0.15, -0.1) is 0 Å². The van der Waals surface area contributed by atoms with Crippen LogP contribution < -0.4 is 5.32 Å². The second-order valence-corrected chi connectivity index (χ2v) is 7.49. The fraction of sp³-hybridized carbons (Fsp3) is 0.524.